The number of benzene rings is 1. The zero-order valence-corrected chi connectivity index (χ0v) is 8.15. The molecule has 0 aliphatic rings. The van der Waals surface area contributed by atoms with Crippen LogP contribution >= 0.6 is 0 Å². The lowest BCUT2D eigenvalue weighted by Gasteiger charge is -2.09. The van der Waals surface area contributed by atoms with Crippen molar-refractivity contribution in [2.75, 3.05) is 6.61 Å². The summed E-state index contributed by atoms with van der Waals surface area (Å²) in [5.74, 6) is 0. The van der Waals surface area contributed by atoms with E-state index in [9.17, 15) is 8.42 Å². The molecule has 0 saturated heterocycles. The predicted octanol–water partition coefficient (Wildman–Crippen LogP) is 0.506. The lowest BCUT2D eigenvalue weighted by Crippen LogP contribution is -2.19. The Morgan fingerprint density at radius 3 is 2.43 bits per heavy atom. The van der Waals surface area contributed by atoms with E-state index in [1.807, 2.05) is 6.07 Å². The van der Waals surface area contributed by atoms with Crippen molar-refractivity contribution in [3.05, 3.63) is 35.9 Å². The standard InChI is InChI=1S/C8H11NO4S/c9-8(6-13-14(10,11)12)7-4-2-1-3-5-7/h1-5,8H,6,9H2,(H,10,11,12)/t8-/m1/s1. The third-order valence-corrected chi connectivity index (χ3v) is 2.06. The zero-order valence-electron chi connectivity index (χ0n) is 7.33. The fourth-order valence-electron chi connectivity index (χ4n) is 0.956. The van der Waals surface area contributed by atoms with Crippen LogP contribution in [0.3, 0.4) is 0 Å². The molecule has 1 rings (SSSR count). The summed E-state index contributed by atoms with van der Waals surface area (Å²) < 4.78 is 32.9. The van der Waals surface area contributed by atoms with Gasteiger partial charge in [0.25, 0.3) is 0 Å². The average molecular weight is 217 g/mol. The Hall–Kier alpha value is -0.950. The second-order valence-electron chi connectivity index (χ2n) is 2.73. The first-order valence-electron chi connectivity index (χ1n) is 3.91. The van der Waals surface area contributed by atoms with Crippen LogP contribution < -0.4 is 5.73 Å². The van der Waals surface area contributed by atoms with Gasteiger partial charge in [0.2, 0.25) is 0 Å². The van der Waals surface area contributed by atoms with E-state index in [1.165, 1.54) is 0 Å². The minimum absolute atomic E-state index is 0.275. The molecule has 0 radical (unpaired) electrons. The van der Waals surface area contributed by atoms with Crippen LogP contribution in [0.2, 0.25) is 0 Å². The maximum Gasteiger partial charge on any atom is 0.397 e. The van der Waals surface area contributed by atoms with Gasteiger partial charge in [-0.1, -0.05) is 30.3 Å². The van der Waals surface area contributed by atoms with Crippen molar-refractivity contribution < 1.29 is 17.2 Å². The minimum atomic E-state index is -4.41. The molecule has 1 aromatic carbocycles. The van der Waals surface area contributed by atoms with Gasteiger partial charge in [-0.15, -0.1) is 0 Å². The van der Waals surface area contributed by atoms with Gasteiger partial charge in [-0.2, -0.15) is 8.42 Å². The second kappa shape index (κ2) is 4.52. The lowest BCUT2D eigenvalue weighted by atomic mass is 10.1. The topological polar surface area (TPSA) is 89.6 Å². The third-order valence-electron chi connectivity index (χ3n) is 1.62. The average Bonchev–Trinajstić information content (AvgIpc) is 2.14. The molecular formula is C8H11NO4S. The molecule has 0 heterocycles. The van der Waals surface area contributed by atoms with Crippen LogP contribution in [0.25, 0.3) is 0 Å². The van der Waals surface area contributed by atoms with Crippen LogP contribution in [0.5, 0.6) is 0 Å². The molecule has 0 aliphatic carbocycles. The summed E-state index contributed by atoms with van der Waals surface area (Å²) in [6.07, 6.45) is 0. The highest BCUT2D eigenvalue weighted by atomic mass is 32.3. The number of hydrogen-bond acceptors (Lipinski definition) is 4. The fraction of sp³-hybridized carbons (Fsp3) is 0.250. The maximum absolute atomic E-state index is 10.2. The molecule has 0 amide bonds. The SMILES string of the molecule is N[C@H](COS(=O)(=O)O)c1ccccc1. The van der Waals surface area contributed by atoms with Gasteiger partial charge in [0.15, 0.2) is 0 Å². The Morgan fingerprint density at radius 2 is 1.93 bits per heavy atom. The first-order valence-corrected chi connectivity index (χ1v) is 5.28. The molecule has 6 heteroatoms. The molecule has 1 aromatic rings. The van der Waals surface area contributed by atoms with Gasteiger partial charge < -0.3 is 5.73 Å². The predicted molar refractivity (Wildman–Crippen MR) is 50.9 cm³/mol. The molecule has 5 nitrogen and oxygen atoms in total. The third kappa shape index (κ3) is 3.84. The van der Waals surface area contributed by atoms with Gasteiger partial charge in [0.1, 0.15) is 0 Å². The summed E-state index contributed by atoms with van der Waals surface area (Å²) in [5, 5.41) is 0. The van der Waals surface area contributed by atoms with Crippen LogP contribution in [0, 0.1) is 0 Å². The van der Waals surface area contributed by atoms with Crippen molar-refractivity contribution in [3.63, 3.8) is 0 Å². The number of rotatable bonds is 4. The van der Waals surface area contributed by atoms with Crippen LogP contribution in [0.1, 0.15) is 11.6 Å². The van der Waals surface area contributed by atoms with Crippen molar-refractivity contribution in [3.8, 4) is 0 Å². The first kappa shape index (κ1) is 11.1. The van der Waals surface area contributed by atoms with Gasteiger partial charge >= 0.3 is 10.4 Å². The Bertz CT molecular complexity index is 376. The fourth-order valence-corrected chi connectivity index (χ4v) is 1.27. The number of hydrogen-bond donors (Lipinski definition) is 2. The zero-order chi connectivity index (χ0) is 10.6. The molecule has 14 heavy (non-hydrogen) atoms. The molecule has 3 N–H and O–H groups in total. The van der Waals surface area contributed by atoms with Crippen LogP contribution in [0.15, 0.2) is 30.3 Å². The summed E-state index contributed by atoms with van der Waals surface area (Å²) in [4.78, 5) is 0. The largest absolute Gasteiger partial charge is 0.397 e. The minimum Gasteiger partial charge on any atom is -0.322 e. The van der Waals surface area contributed by atoms with E-state index in [2.05, 4.69) is 4.18 Å². The van der Waals surface area contributed by atoms with Crippen LogP contribution in [-0.4, -0.2) is 19.6 Å². The van der Waals surface area contributed by atoms with E-state index in [4.69, 9.17) is 10.3 Å². The molecule has 0 aliphatic heterocycles. The highest BCUT2D eigenvalue weighted by molar-refractivity contribution is 7.80. The van der Waals surface area contributed by atoms with Gasteiger partial charge in [-0.25, -0.2) is 4.18 Å². The van der Waals surface area contributed by atoms with Crippen molar-refractivity contribution in [1.82, 2.24) is 0 Å². The molecule has 0 spiro atoms. The smallest absolute Gasteiger partial charge is 0.322 e. The molecular weight excluding hydrogens is 206 g/mol. The molecule has 1 atom stereocenters. The quantitative estimate of drug-likeness (QED) is 0.717. The van der Waals surface area contributed by atoms with E-state index in [0.29, 0.717) is 0 Å². The highest BCUT2D eigenvalue weighted by Crippen LogP contribution is 2.10. The molecule has 0 bridgehead atoms. The van der Waals surface area contributed by atoms with Crippen molar-refractivity contribution >= 4 is 10.4 Å². The normalized spacial score (nSPS) is 13.9. The van der Waals surface area contributed by atoms with E-state index < -0.39 is 16.4 Å². The molecule has 0 aromatic heterocycles. The Morgan fingerprint density at radius 1 is 1.36 bits per heavy atom. The molecule has 78 valence electrons. The second-order valence-corrected chi connectivity index (χ2v) is 3.82. The van der Waals surface area contributed by atoms with E-state index in [0.717, 1.165) is 5.56 Å². The Balaban J connectivity index is 2.56. The van der Waals surface area contributed by atoms with Crippen molar-refractivity contribution in [1.29, 1.82) is 0 Å². The van der Waals surface area contributed by atoms with Gasteiger partial charge in [-0.05, 0) is 5.56 Å². The Labute approximate surface area is 82.5 Å². The lowest BCUT2D eigenvalue weighted by molar-refractivity contribution is 0.251. The first-order chi connectivity index (χ1) is 6.49. The van der Waals surface area contributed by atoms with Gasteiger partial charge in [0.05, 0.1) is 12.6 Å². The number of nitrogens with two attached hydrogens (primary N) is 1. The summed E-state index contributed by atoms with van der Waals surface area (Å²) >= 11 is 0. The van der Waals surface area contributed by atoms with Crippen LogP contribution in [0.4, 0.5) is 0 Å². The Kier molecular flexibility index (Phi) is 3.59. The summed E-state index contributed by atoms with van der Waals surface area (Å²) in [6, 6.07) is 8.30. The van der Waals surface area contributed by atoms with Gasteiger partial charge in [0, 0.05) is 0 Å². The van der Waals surface area contributed by atoms with Crippen LogP contribution in [-0.2, 0) is 14.6 Å². The summed E-state index contributed by atoms with van der Waals surface area (Å²) in [7, 11) is -4.41. The van der Waals surface area contributed by atoms with E-state index in [1.54, 1.807) is 24.3 Å². The molecule has 0 unspecified atom stereocenters. The molecule has 0 saturated carbocycles. The van der Waals surface area contributed by atoms with Gasteiger partial charge in [-0.3, -0.25) is 4.55 Å². The van der Waals surface area contributed by atoms with E-state index >= 15 is 0 Å². The highest BCUT2D eigenvalue weighted by Gasteiger charge is 2.10. The summed E-state index contributed by atoms with van der Waals surface area (Å²) in [5.41, 5.74) is 6.35. The maximum atomic E-state index is 10.2. The van der Waals surface area contributed by atoms with Crippen molar-refractivity contribution in [2.24, 2.45) is 5.73 Å². The summed E-state index contributed by atoms with van der Waals surface area (Å²) in [6.45, 7) is -0.275. The van der Waals surface area contributed by atoms with Crippen molar-refractivity contribution in [2.45, 2.75) is 6.04 Å². The monoisotopic (exact) mass is 217 g/mol. The molecule has 0 fully saturated rings. The van der Waals surface area contributed by atoms with E-state index in [-0.39, 0.29) is 6.61 Å².